The van der Waals surface area contributed by atoms with Crippen LogP contribution in [0.4, 0.5) is 5.69 Å². The van der Waals surface area contributed by atoms with E-state index in [1.807, 2.05) is 49.4 Å². The second kappa shape index (κ2) is 9.44. The summed E-state index contributed by atoms with van der Waals surface area (Å²) in [4.78, 5) is 17.3. The van der Waals surface area contributed by atoms with Crippen LogP contribution in [0, 0.1) is 11.3 Å². The van der Waals surface area contributed by atoms with Crippen LogP contribution in [0.5, 0.6) is 11.5 Å². The third kappa shape index (κ3) is 5.15. The molecule has 6 nitrogen and oxygen atoms in total. The summed E-state index contributed by atoms with van der Waals surface area (Å²) >= 11 is 4.66. The fourth-order valence-electron chi connectivity index (χ4n) is 2.40. The number of hydrogen-bond acceptors (Lipinski definition) is 6. The van der Waals surface area contributed by atoms with Crippen LogP contribution >= 0.6 is 27.7 Å². The van der Waals surface area contributed by atoms with Gasteiger partial charge in [0.15, 0.2) is 11.8 Å². The monoisotopic (exact) mass is 457 g/mol. The number of benzene rings is 2. The molecule has 8 heteroatoms. The lowest BCUT2D eigenvalue weighted by atomic mass is 10.2. The lowest BCUT2D eigenvalue weighted by molar-refractivity contribution is -0.115. The Morgan fingerprint density at radius 3 is 2.75 bits per heavy atom. The van der Waals surface area contributed by atoms with E-state index >= 15 is 0 Å². The van der Waals surface area contributed by atoms with Crippen molar-refractivity contribution in [1.82, 2.24) is 5.32 Å². The minimum absolute atomic E-state index is 0.0679. The molecule has 0 unspecified atom stereocenters. The highest BCUT2D eigenvalue weighted by Gasteiger charge is 2.24. The maximum atomic E-state index is 12.3. The van der Waals surface area contributed by atoms with Crippen LogP contribution in [-0.4, -0.2) is 24.3 Å². The van der Waals surface area contributed by atoms with Crippen LogP contribution in [0.1, 0.15) is 12.5 Å². The van der Waals surface area contributed by atoms with Crippen LogP contribution in [0.3, 0.4) is 0 Å². The van der Waals surface area contributed by atoms with Gasteiger partial charge in [-0.1, -0.05) is 15.9 Å². The number of carbonyl (C=O) groups is 1. The molecule has 142 valence electrons. The highest BCUT2D eigenvalue weighted by atomic mass is 79.9. The number of carbonyl (C=O) groups excluding carboxylic acids is 1. The second-order valence-electron chi connectivity index (χ2n) is 5.54. The third-order valence-corrected chi connectivity index (χ3v) is 4.98. The van der Waals surface area contributed by atoms with E-state index in [0.717, 1.165) is 10.2 Å². The Bertz CT molecular complexity index is 981. The normalized spacial score (nSPS) is 16.1. The summed E-state index contributed by atoms with van der Waals surface area (Å²) < 4.78 is 11.7. The zero-order valence-corrected chi connectivity index (χ0v) is 17.3. The van der Waals surface area contributed by atoms with E-state index in [1.165, 1.54) is 11.8 Å². The molecule has 1 fully saturated rings. The fourth-order valence-corrected chi connectivity index (χ4v) is 3.61. The van der Waals surface area contributed by atoms with Gasteiger partial charge in [-0.3, -0.25) is 4.79 Å². The molecule has 0 spiro atoms. The fraction of sp³-hybridized carbons (Fsp3) is 0.150. The molecule has 0 aromatic heterocycles. The van der Waals surface area contributed by atoms with Gasteiger partial charge in [-0.05, 0) is 67.2 Å². The first-order chi connectivity index (χ1) is 13.6. The molecule has 1 aliphatic rings. The van der Waals surface area contributed by atoms with Crippen molar-refractivity contribution < 1.29 is 14.3 Å². The lowest BCUT2D eigenvalue weighted by Crippen LogP contribution is -2.19. The Hall–Kier alpha value is -2.76. The van der Waals surface area contributed by atoms with E-state index in [-0.39, 0.29) is 12.5 Å². The highest BCUT2D eigenvalue weighted by molar-refractivity contribution is 9.10. The Balaban J connectivity index is 1.81. The smallest absolute Gasteiger partial charge is 0.264 e. The highest BCUT2D eigenvalue weighted by Crippen LogP contribution is 2.32. The minimum atomic E-state index is -0.235. The number of aliphatic imine (C=N–C) groups is 1. The van der Waals surface area contributed by atoms with Crippen LogP contribution < -0.4 is 14.8 Å². The second-order valence-corrected chi connectivity index (χ2v) is 7.48. The molecular weight excluding hydrogens is 442 g/mol. The van der Waals surface area contributed by atoms with Crippen molar-refractivity contribution in [1.29, 1.82) is 5.26 Å². The minimum Gasteiger partial charge on any atom is -0.494 e. The van der Waals surface area contributed by atoms with Gasteiger partial charge in [-0.25, -0.2) is 4.99 Å². The van der Waals surface area contributed by atoms with Crippen molar-refractivity contribution in [2.45, 2.75) is 6.92 Å². The molecule has 2 aromatic rings. The predicted octanol–water partition coefficient (Wildman–Crippen LogP) is 4.64. The molecule has 1 heterocycles. The summed E-state index contributed by atoms with van der Waals surface area (Å²) in [6.45, 7) is 2.46. The molecule has 28 heavy (non-hydrogen) atoms. The summed E-state index contributed by atoms with van der Waals surface area (Å²) in [7, 11) is 0. The summed E-state index contributed by atoms with van der Waals surface area (Å²) in [6, 6.07) is 14.7. The molecule has 0 aliphatic carbocycles. The number of ether oxygens (including phenoxy) is 2. The van der Waals surface area contributed by atoms with E-state index in [4.69, 9.17) is 14.7 Å². The van der Waals surface area contributed by atoms with E-state index in [0.29, 0.717) is 33.7 Å². The van der Waals surface area contributed by atoms with Crippen molar-refractivity contribution in [2.75, 3.05) is 13.2 Å². The van der Waals surface area contributed by atoms with Crippen molar-refractivity contribution in [2.24, 2.45) is 4.99 Å². The number of amidine groups is 1. The summed E-state index contributed by atoms with van der Waals surface area (Å²) in [6.07, 6.45) is 1.72. The number of halogens is 1. The van der Waals surface area contributed by atoms with Crippen molar-refractivity contribution in [3.63, 3.8) is 0 Å². The largest absolute Gasteiger partial charge is 0.494 e. The molecule has 3 rings (SSSR count). The number of nitrogens with one attached hydrogen (secondary N) is 1. The predicted molar refractivity (Wildman–Crippen MR) is 114 cm³/mol. The van der Waals surface area contributed by atoms with Crippen molar-refractivity contribution in [3.05, 3.63) is 57.4 Å². The first-order valence-corrected chi connectivity index (χ1v) is 10.0. The number of nitriles is 1. The third-order valence-electron chi connectivity index (χ3n) is 3.58. The van der Waals surface area contributed by atoms with Gasteiger partial charge >= 0.3 is 0 Å². The van der Waals surface area contributed by atoms with Crippen molar-refractivity contribution in [3.8, 4) is 17.6 Å². The van der Waals surface area contributed by atoms with E-state index in [9.17, 15) is 4.79 Å². The van der Waals surface area contributed by atoms with Crippen LogP contribution in [-0.2, 0) is 4.79 Å². The first kappa shape index (κ1) is 20.0. The Morgan fingerprint density at radius 2 is 2.04 bits per heavy atom. The van der Waals surface area contributed by atoms with Crippen LogP contribution in [0.15, 0.2) is 56.8 Å². The zero-order valence-electron chi connectivity index (χ0n) is 14.9. The van der Waals surface area contributed by atoms with E-state index in [2.05, 4.69) is 26.2 Å². The standard InChI is InChI=1S/C20H16BrN3O3S/c1-2-26-16-6-4-15(5-7-16)23-20-24-19(25)18(28-20)12-13-11-14(21)3-8-17(13)27-10-9-22/h3-8,11-12H,2,10H2,1H3,(H,23,24,25)/b18-12+. The van der Waals surface area contributed by atoms with Gasteiger partial charge in [-0.2, -0.15) is 5.26 Å². The van der Waals surface area contributed by atoms with Gasteiger partial charge in [-0.15, -0.1) is 0 Å². The van der Waals surface area contributed by atoms with Gasteiger partial charge in [0, 0.05) is 10.0 Å². The van der Waals surface area contributed by atoms with Gasteiger partial charge < -0.3 is 14.8 Å². The molecule has 1 N–H and O–H groups in total. The zero-order chi connectivity index (χ0) is 19.9. The van der Waals surface area contributed by atoms with Crippen LogP contribution in [0.2, 0.25) is 0 Å². The molecule has 0 radical (unpaired) electrons. The molecule has 0 atom stereocenters. The summed E-state index contributed by atoms with van der Waals surface area (Å²) in [5.41, 5.74) is 1.41. The maximum absolute atomic E-state index is 12.3. The average Bonchev–Trinajstić information content (AvgIpc) is 3.02. The summed E-state index contributed by atoms with van der Waals surface area (Å²) in [5.74, 6) is 1.07. The summed E-state index contributed by atoms with van der Waals surface area (Å²) in [5, 5.41) is 12.0. The quantitative estimate of drug-likeness (QED) is 0.638. The number of nitrogens with zero attached hydrogens (tertiary/aromatic N) is 2. The van der Waals surface area contributed by atoms with E-state index < -0.39 is 0 Å². The van der Waals surface area contributed by atoms with Gasteiger partial charge in [0.2, 0.25) is 0 Å². The number of amides is 1. The van der Waals surface area contributed by atoms with Gasteiger partial charge in [0.25, 0.3) is 5.91 Å². The number of rotatable bonds is 6. The number of thioether (sulfide) groups is 1. The Kier molecular flexibility index (Phi) is 6.74. The first-order valence-electron chi connectivity index (χ1n) is 8.41. The number of hydrogen-bond donors (Lipinski definition) is 1. The topological polar surface area (TPSA) is 83.7 Å². The van der Waals surface area contributed by atoms with Crippen LogP contribution in [0.25, 0.3) is 6.08 Å². The molecular formula is C20H16BrN3O3S. The van der Waals surface area contributed by atoms with Gasteiger partial charge in [0.05, 0.1) is 17.2 Å². The lowest BCUT2D eigenvalue weighted by Gasteiger charge is -2.07. The molecule has 0 saturated carbocycles. The SMILES string of the molecule is CCOc1ccc(N=C2NC(=O)/C(=C\c3cc(Br)ccc3OCC#N)S2)cc1. The Labute approximate surface area is 175 Å². The van der Waals surface area contributed by atoms with Gasteiger partial charge in [0.1, 0.15) is 17.6 Å². The average molecular weight is 458 g/mol. The molecule has 0 bridgehead atoms. The van der Waals surface area contributed by atoms with E-state index in [1.54, 1.807) is 12.1 Å². The molecule has 1 saturated heterocycles. The molecule has 1 amide bonds. The molecule has 1 aliphatic heterocycles. The Morgan fingerprint density at radius 1 is 1.25 bits per heavy atom. The maximum Gasteiger partial charge on any atom is 0.264 e. The van der Waals surface area contributed by atoms with Crippen molar-refractivity contribution >= 4 is 50.5 Å². The molecule has 2 aromatic carbocycles.